The fourth-order valence-corrected chi connectivity index (χ4v) is 1.81. The van der Waals surface area contributed by atoms with Crippen LogP contribution in [0.15, 0.2) is 41.3 Å². The number of nitrogens with two attached hydrogens (primary N) is 1. The van der Waals surface area contributed by atoms with Crippen LogP contribution in [0.3, 0.4) is 0 Å². The van der Waals surface area contributed by atoms with Gasteiger partial charge in [0.2, 0.25) is 0 Å². The average Bonchev–Trinajstić information content (AvgIpc) is 2.82. The van der Waals surface area contributed by atoms with Crippen molar-refractivity contribution in [1.82, 2.24) is 9.88 Å². The van der Waals surface area contributed by atoms with Gasteiger partial charge in [-0.05, 0) is 24.7 Å². The lowest BCUT2D eigenvalue weighted by atomic mass is 10.2. The van der Waals surface area contributed by atoms with Crippen molar-refractivity contribution in [2.24, 2.45) is 5.73 Å². The second-order valence-electron chi connectivity index (χ2n) is 4.12. The molecule has 0 saturated heterocycles. The third-order valence-corrected chi connectivity index (χ3v) is 2.66. The van der Waals surface area contributed by atoms with E-state index in [4.69, 9.17) is 10.2 Å². The summed E-state index contributed by atoms with van der Waals surface area (Å²) in [7, 11) is 2.06. The normalized spacial score (nSPS) is 11.0. The van der Waals surface area contributed by atoms with Gasteiger partial charge >= 0.3 is 0 Å². The van der Waals surface area contributed by atoms with E-state index in [2.05, 4.69) is 16.9 Å². The quantitative estimate of drug-likeness (QED) is 0.852. The van der Waals surface area contributed by atoms with Crippen LogP contribution in [0.5, 0.6) is 0 Å². The third kappa shape index (κ3) is 3.15. The Hall–Kier alpha value is -1.65. The van der Waals surface area contributed by atoms with Crippen molar-refractivity contribution in [3.05, 3.63) is 53.7 Å². The van der Waals surface area contributed by atoms with Crippen LogP contribution < -0.4 is 5.73 Å². The molecule has 0 amide bonds. The van der Waals surface area contributed by atoms with Gasteiger partial charge in [0, 0.05) is 31.4 Å². The maximum atomic E-state index is 5.69. The highest BCUT2D eigenvalue weighted by molar-refractivity contribution is 5.19. The number of furan rings is 1. The van der Waals surface area contributed by atoms with Crippen molar-refractivity contribution < 1.29 is 4.42 Å². The van der Waals surface area contributed by atoms with Crippen LogP contribution in [0.2, 0.25) is 0 Å². The van der Waals surface area contributed by atoms with E-state index < -0.39 is 0 Å². The molecule has 0 atom stereocenters. The smallest absolute Gasteiger partial charge is 0.0947 e. The molecule has 2 aromatic rings. The van der Waals surface area contributed by atoms with Gasteiger partial charge in [-0.25, -0.2) is 0 Å². The zero-order chi connectivity index (χ0) is 12.1. The van der Waals surface area contributed by atoms with Gasteiger partial charge in [-0.15, -0.1) is 0 Å². The van der Waals surface area contributed by atoms with Crippen LogP contribution in [0.4, 0.5) is 0 Å². The fraction of sp³-hybridized carbons (Fsp3) is 0.308. The molecule has 0 unspecified atom stereocenters. The lowest BCUT2D eigenvalue weighted by Gasteiger charge is -2.16. The monoisotopic (exact) mass is 231 g/mol. The Bertz CT molecular complexity index is 453. The Labute approximate surface area is 101 Å². The summed E-state index contributed by atoms with van der Waals surface area (Å²) >= 11 is 0. The highest BCUT2D eigenvalue weighted by atomic mass is 16.3. The first-order valence-electron chi connectivity index (χ1n) is 5.62. The van der Waals surface area contributed by atoms with E-state index >= 15 is 0 Å². The molecule has 2 N–H and O–H groups in total. The largest absolute Gasteiger partial charge is 0.472 e. The van der Waals surface area contributed by atoms with Crippen molar-refractivity contribution in [1.29, 1.82) is 0 Å². The summed E-state index contributed by atoms with van der Waals surface area (Å²) in [6.07, 6.45) is 5.26. The number of aromatic nitrogens is 1. The van der Waals surface area contributed by atoms with Gasteiger partial charge in [0.1, 0.15) is 0 Å². The molecule has 2 aromatic heterocycles. The Kier molecular flexibility index (Phi) is 3.90. The summed E-state index contributed by atoms with van der Waals surface area (Å²) in [5.74, 6) is 0. The Morgan fingerprint density at radius 3 is 2.94 bits per heavy atom. The van der Waals surface area contributed by atoms with E-state index in [0.717, 1.165) is 29.9 Å². The molecule has 0 saturated carbocycles. The van der Waals surface area contributed by atoms with E-state index in [1.165, 1.54) is 0 Å². The molecule has 0 aliphatic heterocycles. The van der Waals surface area contributed by atoms with Crippen molar-refractivity contribution in [2.75, 3.05) is 7.05 Å². The van der Waals surface area contributed by atoms with E-state index in [-0.39, 0.29) is 0 Å². The van der Waals surface area contributed by atoms with Gasteiger partial charge in [0.15, 0.2) is 0 Å². The maximum absolute atomic E-state index is 5.69. The van der Waals surface area contributed by atoms with Crippen molar-refractivity contribution in [2.45, 2.75) is 19.6 Å². The molecular weight excluding hydrogens is 214 g/mol. The SMILES string of the molecule is CN(Cc1ccoc1)Cc1ncccc1CN. The van der Waals surface area contributed by atoms with Crippen molar-refractivity contribution in [3.63, 3.8) is 0 Å². The maximum Gasteiger partial charge on any atom is 0.0947 e. The van der Waals surface area contributed by atoms with Crippen molar-refractivity contribution in [3.8, 4) is 0 Å². The predicted molar refractivity (Wildman–Crippen MR) is 66.0 cm³/mol. The average molecular weight is 231 g/mol. The first kappa shape index (κ1) is 11.8. The molecule has 0 aromatic carbocycles. The lowest BCUT2D eigenvalue weighted by Crippen LogP contribution is -2.19. The van der Waals surface area contributed by atoms with Gasteiger partial charge < -0.3 is 10.2 Å². The number of rotatable bonds is 5. The van der Waals surface area contributed by atoms with Crippen LogP contribution in [-0.2, 0) is 19.6 Å². The summed E-state index contributed by atoms with van der Waals surface area (Å²) in [4.78, 5) is 6.56. The van der Waals surface area contributed by atoms with Gasteiger partial charge in [0.25, 0.3) is 0 Å². The van der Waals surface area contributed by atoms with E-state index in [0.29, 0.717) is 6.54 Å². The molecule has 0 aliphatic carbocycles. The second-order valence-corrected chi connectivity index (χ2v) is 4.12. The van der Waals surface area contributed by atoms with Crippen molar-refractivity contribution >= 4 is 0 Å². The van der Waals surface area contributed by atoms with Gasteiger partial charge in [-0.3, -0.25) is 9.88 Å². The molecule has 2 heterocycles. The Morgan fingerprint density at radius 1 is 1.35 bits per heavy atom. The molecule has 90 valence electrons. The Balaban J connectivity index is 2.00. The van der Waals surface area contributed by atoms with E-state index in [9.17, 15) is 0 Å². The minimum Gasteiger partial charge on any atom is -0.472 e. The molecular formula is C13H17N3O. The number of pyridine rings is 1. The molecule has 4 nitrogen and oxygen atoms in total. The summed E-state index contributed by atoms with van der Waals surface area (Å²) in [5.41, 5.74) is 9.00. The first-order valence-corrected chi connectivity index (χ1v) is 5.62. The summed E-state index contributed by atoms with van der Waals surface area (Å²) in [5, 5.41) is 0. The molecule has 0 fully saturated rings. The van der Waals surface area contributed by atoms with Crippen LogP contribution in [0.25, 0.3) is 0 Å². The highest BCUT2D eigenvalue weighted by Crippen LogP contribution is 2.10. The minimum atomic E-state index is 0.530. The topological polar surface area (TPSA) is 55.3 Å². The number of hydrogen-bond acceptors (Lipinski definition) is 4. The molecule has 2 rings (SSSR count). The van der Waals surface area contributed by atoms with Crippen LogP contribution in [0, 0.1) is 0 Å². The molecule has 0 spiro atoms. The standard InChI is InChI=1S/C13H17N3O/c1-16(8-11-4-6-17-10-11)9-13-12(7-14)3-2-5-15-13/h2-6,10H,7-9,14H2,1H3. The van der Waals surface area contributed by atoms with Crippen LogP contribution in [0.1, 0.15) is 16.8 Å². The predicted octanol–water partition coefficient (Wildman–Crippen LogP) is 1.77. The van der Waals surface area contributed by atoms with E-state index in [1.54, 1.807) is 18.7 Å². The molecule has 4 heteroatoms. The second kappa shape index (κ2) is 5.61. The zero-order valence-corrected chi connectivity index (χ0v) is 9.97. The fourth-order valence-electron chi connectivity index (χ4n) is 1.81. The third-order valence-electron chi connectivity index (χ3n) is 2.66. The van der Waals surface area contributed by atoms with Gasteiger partial charge in [-0.2, -0.15) is 0 Å². The Morgan fingerprint density at radius 2 is 2.24 bits per heavy atom. The zero-order valence-electron chi connectivity index (χ0n) is 9.97. The summed E-state index contributed by atoms with van der Waals surface area (Å²) in [6.45, 7) is 2.17. The molecule has 17 heavy (non-hydrogen) atoms. The number of hydrogen-bond donors (Lipinski definition) is 1. The van der Waals surface area contributed by atoms with E-state index in [1.807, 2.05) is 18.2 Å². The van der Waals surface area contributed by atoms with Gasteiger partial charge in [0.05, 0.1) is 18.2 Å². The highest BCUT2D eigenvalue weighted by Gasteiger charge is 2.06. The first-order chi connectivity index (χ1) is 8.29. The molecule has 0 aliphatic rings. The summed E-state index contributed by atoms with van der Waals surface area (Å²) < 4.78 is 5.05. The van der Waals surface area contributed by atoms with Crippen LogP contribution in [-0.4, -0.2) is 16.9 Å². The molecule has 0 bridgehead atoms. The van der Waals surface area contributed by atoms with Crippen LogP contribution >= 0.6 is 0 Å². The number of nitrogens with zero attached hydrogens (tertiary/aromatic N) is 2. The summed E-state index contributed by atoms with van der Waals surface area (Å²) in [6, 6.07) is 5.91. The molecule has 0 radical (unpaired) electrons. The van der Waals surface area contributed by atoms with Gasteiger partial charge in [-0.1, -0.05) is 6.07 Å². The lowest BCUT2D eigenvalue weighted by molar-refractivity contribution is 0.312. The minimum absolute atomic E-state index is 0.530.